The first-order chi connectivity index (χ1) is 9.58. The van der Waals surface area contributed by atoms with Crippen molar-refractivity contribution in [3.05, 3.63) is 54.1 Å². The first-order valence-corrected chi connectivity index (χ1v) is 7.74. The van der Waals surface area contributed by atoms with E-state index in [1.54, 1.807) is 0 Å². The summed E-state index contributed by atoms with van der Waals surface area (Å²) in [7, 11) is 0. The highest BCUT2D eigenvalue weighted by Gasteiger charge is 2.17. The Balaban J connectivity index is 2.24. The van der Waals surface area contributed by atoms with Crippen LogP contribution in [0.1, 0.15) is 52.5 Å². The Morgan fingerprint density at radius 2 is 1.65 bits per heavy atom. The molecule has 0 unspecified atom stereocenters. The van der Waals surface area contributed by atoms with Crippen LogP contribution in [0, 0.1) is 5.41 Å². The quantitative estimate of drug-likeness (QED) is 0.582. The maximum absolute atomic E-state index is 2.41. The van der Waals surface area contributed by atoms with Crippen molar-refractivity contribution >= 4 is 16.3 Å². The average molecular weight is 266 g/mol. The van der Waals surface area contributed by atoms with E-state index in [1.165, 1.54) is 41.2 Å². The maximum atomic E-state index is 2.41. The van der Waals surface area contributed by atoms with Crippen molar-refractivity contribution in [3.63, 3.8) is 0 Å². The van der Waals surface area contributed by atoms with Gasteiger partial charge in [-0.15, -0.1) is 0 Å². The summed E-state index contributed by atoms with van der Waals surface area (Å²) in [4.78, 5) is 0. The summed E-state index contributed by atoms with van der Waals surface area (Å²) in [5.41, 5.74) is 3.18. The van der Waals surface area contributed by atoms with Crippen LogP contribution in [0.15, 0.2) is 48.5 Å². The number of benzene rings is 2. The Labute approximate surface area is 123 Å². The minimum absolute atomic E-state index is 0.443. The zero-order valence-corrected chi connectivity index (χ0v) is 13.2. The fraction of sp³-hybridized carbons (Fsp3) is 0.400. The minimum Gasteiger partial charge on any atom is -0.0805 e. The molecular weight excluding hydrogens is 240 g/mol. The fourth-order valence-corrected chi connectivity index (χ4v) is 2.49. The molecular formula is C20H26. The van der Waals surface area contributed by atoms with Crippen molar-refractivity contribution in [2.75, 3.05) is 0 Å². The molecule has 0 aliphatic carbocycles. The Kier molecular flexibility index (Phi) is 4.65. The summed E-state index contributed by atoms with van der Waals surface area (Å²) in [6.45, 7) is 9.21. The topological polar surface area (TPSA) is 0 Å². The van der Waals surface area contributed by atoms with Crippen LogP contribution in [0.5, 0.6) is 0 Å². The second-order valence-corrected chi connectivity index (χ2v) is 6.17. The van der Waals surface area contributed by atoms with Gasteiger partial charge in [-0.05, 0) is 46.7 Å². The van der Waals surface area contributed by atoms with E-state index in [1.807, 2.05) is 0 Å². The molecule has 106 valence electrons. The predicted octanol–water partition coefficient (Wildman–Crippen LogP) is 6.46. The van der Waals surface area contributed by atoms with E-state index in [0.29, 0.717) is 5.41 Å². The zero-order valence-electron chi connectivity index (χ0n) is 13.2. The second-order valence-electron chi connectivity index (χ2n) is 6.17. The van der Waals surface area contributed by atoms with Crippen molar-refractivity contribution in [1.82, 2.24) is 0 Å². The third-order valence-electron chi connectivity index (χ3n) is 4.81. The summed E-state index contributed by atoms with van der Waals surface area (Å²) in [5, 5.41) is 2.64. The molecule has 2 aromatic rings. The third-order valence-corrected chi connectivity index (χ3v) is 4.81. The Morgan fingerprint density at radius 3 is 2.30 bits per heavy atom. The summed E-state index contributed by atoms with van der Waals surface area (Å²) in [5.74, 6) is 0. The van der Waals surface area contributed by atoms with Crippen LogP contribution in [0.4, 0.5) is 0 Å². The number of allylic oxidation sites excluding steroid dienone is 2. The van der Waals surface area contributed by atoms with E-state index in [4.69, 9.17) is 0 Å². The van der Waals surface area contributed by atoms with E-state index in [9.17, 15) is 0 Å². The van der Waals surface area contributed by atoms with E-state index in [0.717, 1.165) is 0 Å². The first kappa shape index (κ1) is 14.8. The lowest BCUT2D eigenvalue weighted by molar-refractivity contribution is 0.302. The van der Waals surface area contributed by atoms with Gasteiger partial charge in [0.2, 0.25) is 0 Å². The molecule has 0 aliphatic heterocycles. The molecule has 2 aromatic carbocycles. The van der Waals surface area contributed by atoms with Gasteiger partial charge in [-0.2, -0.15) is 0 Å². The summed E-state index contributed by atoms with van der Waals surface area (Å²) < 4.78 is 0. The highest BCUT2D eigenvalue weighted by atomic mass is 14.2. The van der Waals surface area contributed by atoms with Gasteiger partial charge in [0.1, 0.15) is 0 Å². The molecule has 0 saturated heterocycles. The van der Waals surface area contributed by atoms with Gasteiger partial charge in [-0.1, -0.05) is 76.1 Å². The molecule has 0 spiro atoms. The van der Waals surface area contributed by atoms with E-state index < -0.39 is 0 Å². The lowest BCUT2D eigenvalue weighted by Gasteiger charge is -2.25. The summed E-state index contributed by atoms with van der Waals surface area (Å²) in [6.07, 6.45) is 6.06. The van der Waals surface area contributed by atoms with Gasteiger partial charge in [-0.25, -0.2) is 0 Å². The molecule has 0 atom stereocenters. The second kappa shape index (κ2) is 6.26. The Bertz CT molecular complexity index is 600. The average Bonchev–Trinajstić information content (AvgIpc) is 2.51. The van der Waals surface area contributed by atoms with Crippen LogP contribution in [-0.4, -0.2) is 0 Å². The van der Waals surface area contributed by atoms with Gasteiger partial charge in [-0.3, -0.25) is 0 Å². The van der Waals surface area contributed by atoms with E-state index >= 15 is 0 Å². The van der Waals surface area contributed by atoms with Gasteiger partial charge in [0.15, 0.2) is 0 Å². The van der Waals surface area contributed by atoms with Gasteiger partial charge < -0.3 is 0 Å². The maximum Gasteiger partial charge on any atom is -0.0178 e. The highest BCUT2D eigenvalue weighted by molar-refractivity contribution is 5.86. The van der Waals surface area contributed by atoms with E-state index in [-0.39, 0.29) is 0 Å². The Hall–Kier alpha value is -1.56. The highest BCUT2D eigenvalue weighted by Crippen LogP contribution is 2.31. The molecule has 0 heterocycles. The molecule has 0 aromatic heterocycles. The van der Waals surface area contributed by atoms with Crippen LogP contribution in [0.25, 0.3) is 16.3 Å². The van der Waals surface area contributed by atoms with Gasteiger partial charge in [0.05, 0.1) is 0 Å². The molecule has 0 bridgehead atoms. The van der Waals surface area contributed by atoms with Crippen LogP contribution in [0.3, 0.4) is 0 Å². The van der Waals surface area contributed by atoms with Gasteiger partial charge in [0.25, 0.3) is 0 Å². The van der Waals surface area contributed by atoms with Crippen LogP contribution in [-0.2, 0) is 0 Å². The third kappa shape index (κ3) is 3.30. The van der Waals surface area contributed by atoms with Crippen LogP contribution in [0.2, 0.25) is 0 Å². The van der Waals surface area contributed by atoms with Gasteiger partial charge >= 0.3 is 0 Å². The smallest absolute Gasteiger partial charge is 0.0178 e. The lowest BCUT2D eigenvalue weighted by Crippen LogP contribution is -2.12. The predicted molar refractivity (Wildman–Crippen MR) is 90.9 cm³/mol. The molecule has 0 amide bonds. The number of rotatable bonds is 5. The molecule has 2 rings (SSSR count). The zero-order chi connectivity index (χ0) is 14.6. The number of fused-ring (bicyclic) bond motifs is 1. The summed E-state index contributed by atoms with van der Waals surface area (Å²) >= 11 is 0. The largest absolute Gasteiger partial charge is 0.0805 e. The number of hydrogen-bond acceptors (Lipinski definition) is 0. The molecule has 0 radical (unpaired) electrons. The molecule has 0 saturated carbocycles. The molecule has 0 fully saturated rings. The molecule has 0 aliphatic rings. The van der Waals surface area contributed by atoms with Crippen molar-refractivity contribution < 1.29 is 0 Å². The van der Waals surface area contributed by atoms with Gasteiger partial charge in [0, 0.05) is 0 Å². The molecule has 20 heavy (non-hydrogen) atoms. The lowest BCUT2D eigenvalue weighted by atomic mass is 9.81. The first-order valence-electron chi connectivity index (χ1n) is 7.74. The van der Waals surface area contributed by atoms with E-state index in [2.05, 4.69) is 76.2 Å². The molecule has 0 heteroatoms. The van der Waals surface area contributed by atoms with Crippen molar-refractivity contribution in [2.24, 2.45) is 5.41 Å². The van der Waals surface area contributed by atoms with Crippen molar-refractivity contribution in [3.8, 4) is 0 Å². The normalized spacial score (nSPS) is 12.9. The fourth-order valence-electron chi connectivity index (χ4n) is 2.49. The van der Waals surface area contributed by atoms with Crippen molar-refractivity contribution in [2.45, 2.75) is 47.0 Å². The minimum atomic E-state index is 0.443. The summed E-state index contributed by atoms with van der Waals surface area (Å²) in [6, 6.07) is 15.3. The number of hydrogen-bond donors (Lipinski definition) is 0. The Morgan fingerprint density at radius 1 is 1.00 bits per heavy atom. The standard InChI is InChI=1S/C20H26/c1-5-20(4,6-2)14-13-16(3)18-12-11-17-9-7-8-10-19(17)15-18/h7-13,15H,5-6,14H2,1-4H3/b16-13+. The monoisotopic (exact) mass is 266 g/mol. The SMILES string of the molecule is CCC(C)(CC)C/C=C(\C)c1ccc2ccccc2c1. The molecule has 0 nitrogen and oxygen atoms in total. The van der Waals surface area contributed by atoms with Crippen LogP contribution >= 0.6 is 0 Å². The van der Waals surface area contributed by atoms with Crippen LogP contribution < -0.4 is 0 Å². The van der Waals surface area contributed by atoms with Crippen molar-refractivity contribution in [1.29, 1.82) is 0 Å². The molecule has 0 N–H and O–H groups in total.